The van der Waals surface area contributed by atoms with E-state index in [1.54, 1.807) is 0 Å². The quantitative estimate of drug-likeness (QED) is 0.165. The van der Waals surface area contributed by atoms with Crippen LogP contribution in [0.3, 0.4) is 0 Å². The molecule has 1 atom stereocenters. The minimum Gasteiger partial charge on any atom is -0.0722 e. The van der Waals surface area contributed by atoms with Crippen molar-refractivity contribution in [3.05, 3.63) is 196 Å². The highest BCUT2D eigenvalue weighted by molar-refractivity contribution is 7.00. The maximum atomic E-state index is 2.57. The molecule has 0 amide bonds. The standard InChI is InChI=1S/C47H29B/c1-3-14-38-34(11-1)35-24-23-30(33-25-31-21-19-28-9-7-10-29-20-22-32(26-33)45(31)44(28)29)27-41(35)47(38)39-15-4-6-18-43(39)48-42-17-5-2-12-36(42)37-13-8-16-40(47)46(37)48/h1-19,21-24,26-27H,20,25H2. The molecular formula is C47H29B. The van der Waals surface area contributed by atoms with Crippen LogP contribution in [0.1, 0.15) is 44.5 Å². The van der Waals surface area contributed by atoms with Crippen molar-refractivity contribution in [1.82, 2.24) is 0 Å². The van der Waals surface area contributed by atoms with E-state index in [1.165, 1.54) is 105 Å². The molecule has 0 saturated carbocycles. The van der Waals surface area contributed by atoms with Crippen molar-refractivity contribution in [3.63, 3.8) is 0 Å². The zero-order chi connectivity index (χ0) is 31.1. The summed E-state index contributed by atoms with van der Waals surface area (Å²) in [6.45, 7) is 0.254. The van der Waals surface area contributed by atoms with Gasteiger partial charge in [0.05, 0.1) is 5.41 Å². The van der Waals surface area contributed by atoms with Crippen LogP contribution in [-0.2, 0) is 18.3 Å². The van der Waals surface area contributed by atoms with Crippen LogP contribution in [0.15, 0.2) is 152 Å². The second kappa shape index (κ2) is 8.82. The summed E-state index contributed by atoms with van der Waals surface area (Å²) in [6, 6.07) is 53.6. The monoisotopic (exact) mass is 604 g/mol. The van der Waals surface area contributed by atoms with Crippen molar-refractivity contribution in [3.8, 4) is 22.3 Å². The van der Waals surface area contributed by atoms with Gasteiger partial charge in [0.15, 0.2) is 0 Å². The second-order valence-corrected chi connectivity index (χ2v) is 14.3. The van der Waals surface area contributed by atoms with Crippen molar-refractivity contribution in [1.29, 1.82) is 0 Å². The molecule has 2 heterocycles. The maximum Gasteiger partial charge on any atom is 0.243 e. The molecule has 0 aromatic heterocycles. The van der Waals surface area contributed by atoms with Crippen LogP contribution < -0.4 is 16.4 Å². The first kappa shape index (κ1) is 25.4. The van der Waals surface area contributed by atoms with E-state index in [1.807, 2.05) is 0 Å². The minimum absolute atomic E-state index is 0.254. The summed E-state index contributed by atoms with van der Waals surface area (Å²) in [4.78, 5) is 0. The van der Waals surface area contributed by atoms with Gasteiger partial charge in [-0.15, -0.1) is 0 Å². The number of benzene rings is 7. The molecule has 3 aliphatic carbocycles. The lowest BCUT2D eigenvalue weighted by Gasteiger charge is -2.42. The van der Waals surface area contributed by atoms with Crippen LogP contribution in [-0.4, -0.2) is 6.71 Å². The van der Waals surface area contributed by atoms with Gasteiger partial charge in [0, 0.05) is 0 Å². The van der Waals surface area contributed by atoms with Gasteiger partial charge >= 0.3 is 0 Å². The molecule has 1 spiro atoms. The molecule has 5 aliphatic rings. The molecule has 48 heavy (non-hydrogen) atoms. The molecule has 220 valence electrons. The first-order valence-electron chi connectivity index (χ1n) is 17.3. The minimum atomic E-state index is -0.384. The van der Waals surface area contributed by atoms with Gasteiger partial charge in [-0.05, 0) is 108 Å². The van der Waals surface area contributed by atoms with Crippen molar-refractivity contribution in [2.24, 2.45) is 0 Å². The van der Waals surface area contributed by atoms with Gasteiger partial charge in [-0.2, -0.15) is 0 Å². The molecular weight excluding hydrogens is 575 g/mol. The molecule has 0 radical (unpaired) electrons. The molecule has 2 aliphatic heterocycles. The molecule has 1 unspecified atom stereocenters. The highest BCUT2D eigenvalue weighted by Gasteiger charge is 2.54. The fourth-order valence-electron chi connectivity index (χ4n) is 10.4. The largest absolute Gasteiger partial charge is 0.243 e. The molecule has 0 saturated heterocycles. The summed E-state index contributed by atoms with van der Waals surface area (Å²) in [5.74, 6) is 0. The SMILES string of the molecule is C1=C(c2ccc3c(c2)C2(c4ccccc4B4c5ccccc5-c5cccc2c54)c2ccccc2-3)Cc2ccc3cccc4c3c2C1=CC4. The van der Waals surface area contributed by atoms with Gasteiger partial charge < -0.3 is 0 Å². The summed E-state index contributed by atoms with van der Waals surface area (Å²) >= 11 is 0. The van der Waals surface area contributed by atoms with Crippen LogP contribution in [0, 0.1) is 0 Å². The lowest BCUT2D eigenvalue weighted by Crippen LogP contribution is -2.59. The van der Waals surface area contributed by atoms with E-state index < -0.39 is 0 Å². The lowest BCUT2D eigenvalue weighted by atomic mass is 9.32. The number of allylic oxidation sites excluding steroid dienone is 4. The summed E-state index contributed by atoms with van der Waals surface area (Å²) in [5.41, 5.74) is 23.7. The fraction of sp³-hybridized carbons (Fsp3) is 0.0638. The smallest absolute Gasteiger partial charge is 0.0722 e. The van der Waals surface area contributed by atoms with Gasteiger partial charge in [-0.1, -0.05) is 162 Å². The van der Waals surface area contributed by atoms with Crippen molar-refractivity contribution >= 4 is 45.0 Å². The zero-order valence-corrected chi connectivity index (χ0v) is 26.4. The molecule has 0 N–H and O–H groups in total. The number of hydrogen-bond acceptors (Lipinski definition) is 0. The van der Waals surface area contributed by atoms with Crippen molar-refractivity contribution < 1.29 is 0 Å². The lowest BCUT2D eigenvalue weighted by molar-refractivity contribution is 0.775. The number of fused-ring (bicyclic) bond motifs is 12. The van der Waals surface area contributed by atoms with E-state index in [4.69, 9.17) is 0 Å². The van der Waals surface area contributed by atoms with Gasteiger partial charge in [0.2, 0.25) is 6.71 Å². The maximum absolute atomic E-state index is 2.57. The Hall–Kier alpha value is -5.66. The van der Waals surface area contributed by atoms with E-state index in [0.717, 1.165) is 12.8 Å². The summed E-state index contributed by atoms with van der Waals surface area (Å²) in [6.07, 6.45) is 6.89. The van der Waals surface area contributed by atoms with Gasteiger partial charge in [-0.25, -0.2) is 0 Å². The van der Waals surface area contributed by atoms with Crippen LogP contribution >= 0.6 is 0 Å². The van der Waals surface area contributed by atoms with Crippen LogP contribution in [0.5, 0.6) is 0 Å². The normalized spacial score (nSPS) is 18.1. The molecule has 0 fully saturated rings. The average molecular weight is 605 g/mol. The Labute approximate surface area is 280 Å². The van der Waals surface area contributed by atoms with Crippen LogP contribution in [0.2, 0.25) is 0 Å². The highest BCUT2D eigenvalue weighted by atomic mass is 14.5. The van der Waals surface area contributed by atoms with E-state index in [2.05, 4.69) is 152 Å². The third-order valence-corrected chi connectivity index (χ3v) is 12.2. The Morgan fingerprint density at radius 2 is 1.27 bits per heavy atom. The molecule has 0 nitrogen and oxygen atoms in total. The second-order valence-electron chi connectivity index (χ2n) is 14.3. The summed E-state index contributed by atoms with van der Waals surface area (Å²) in [5, 5.41) is 2.82. The van der Waals surface area contributed by atoms with E-state index in [-0.39, 0.29) is 12.1 Å². The summed E-state index contributed by atoms with van der Waals surface area (Å²) in [7, 11) is 0. The average Bonchev–Trinajstić information content (AvgIpc) is 3.64. The highest BCUT2D eigenvalue weighted by Crippen LogP contribution is 2.58. The molecule has 1 heteroatoms. The zero-order valence-electron chi connectivity index (χ0n) is 26.4. The third kappa shape index (κ3) is 2.92. The molecule has 0 bridgehead atoms. The van der Waals surface area contributed by atoms with Gasteiger partial charge in [0.1, 0.15) is 0 Å². The van der Waals surface area contributed by atoms with Crippen LogP contribution in [0.4, 0.5) is 0 Å². The molecule has 12 rings (SSSR count). The Morgan fingerprint density at radius 1 is 0.521 bits per heavy atom. The molecule has 7 aromatic carbocycles. The third-order valence-electron chi connectivity index (χ3n) is 12.2. The predicted molar refractivity (Wildman–Crippen MR) is 201 cm³/mol. The topological polar surface area (TPSA) is 0 Å². The Balaban J connectivity index is 1.13. The van der Waals surface area contributed by atoms with Crippen molar-refractivity contribution in [2.45, 2.75) is 18.3 Å². The first-order chi connectivity index (χ1) is 23.8. The first-order valence-corrected chi connectivity index (χ1v) is 17.3. The fourth-order valence-corrected chi connectivity index (χ4v) is 10.4. The van der Waals surface area contributed by atoms with Gasteiger partial charge in [-0.3, -0.25) is 0 Å². The predicted octanol–water partition coefficient (Wildman–Crippen LogP) is 8.59. The molecule has 7 aromatic rings. The number of hydrogen-bond donors (Lipinski definition) is 0. The summed E-state index contributed by atoms with van der Waals surface area (Å²) < 4.78 is 0. The van der Waals surface area contributed by atoms with E-state index in [0.29, 0.717) is 0 Å². The van der Waals surface area contributed by atoms with Crippen LogP contribution in [0.25, 0.3) is 44.2 Å². The van der Waals surface area contributed by atoms with Crippen molar-refractivity contribution in [2.75, 3.05) is 0 Å². The Morgan fingerprint density at radius 3 is 2.21 bits per heavy atom. The Bertz CT molecular complexity index is 2690. The van der Waals surface area contributed by atoms with Gasteiger partial charge in [0.25, 0.3) is 0 Å². The van der Waals surface area contributed by atoms with E-state index in [9.17, 15) is 0 Å². The Kier molecular flexibility index (Phi) is 4.67. The van der Waals surface area contributed by atoms with E-state index >= 15 is 0 Å². The number of rotatable bonds is 1.